The maximum absolute atomic E-state index is 11.9. The predicted octanol–water partition coefficient (Wildman–Crippen LogP) is 0.472. The normalized spacial score (nSPS) is 23.9. The highest BCUT2D eigenvalue weighted by Gasteiger charge is 2.29. The molecule has 1 aromatic rings. The monoisotopic (exact) mass is 236 g/mol. The van der Waals surface area contributed by atoms with Crippen molar-refractivity contribution in [1.29, 1.82) is 0 Å². The number of rotatable bonds is 3. The van der Waals surface area contributed by atoms with Crippen molar-refractivity contribution in [2.75, 3.05) is 0 Å². The maximum atomic E-state index is 11.9. The van der Waals surface area contributed by atoms with Crippen molar-refractivity contribution >= 4 is 5.91 Å². The van der Waals surface area contributed by atoms with Gasteiger partial charge in [0.05, 0.1) is 11.6 Å². The summed E-state index contributed by atoms with van der Waals surface area (Å²) in [5.41, 5.74) is 7.93. The first kappa shape index (κ1) is 12.1. The van der Waals surface area contributed by atoms with Crippen molar-refractivity contribution in [3.63, 3.8) is 0 Å². The third-order valence-electron chi connectivity index (χ3n) is 3.47. The molecule has 1 saturated carbocycles. The van der Waals surface area contributed by atoms with E-state index in [4.69, 9.17) is 5.73 Å². The standard InChI is InChI=1S/C12H20N4O/c1-8-9(7-16(2)15-8)6-14-12(17)10-4-3-5-11(10)13/h7,10-11H,3-6,13H2,1-2H3,(H,14,17). The van der Waals surface area contributed by atoms with Gasteiger partial charge in [0.2, 0.25) is 5.91 Å². The lowest BCUT2D eigenvalue weighted by molar-refractivity contribution is -0.125. The van der Waals surface area contributed by atoms with E-state index in [9.17, 15) is 4.79 Å². The second-order valence-electron chi connectivity index (χ2n) is 4.83. The number of nitrogens with zero attached hydrogens (tertiary/aromatic N) is 2. The van der Waals surface area contributed by atoms with E-state index in [1.807, 2.05) is 20.2 Å². The van der Waals surface area contributed by atoms with Crippen LogP contribution in [0.1, 0.15) is 30.5 Å². The number of aryl methyl sites for hydroxylation is 2. The summed E-state index contributed by atoms with van der Waals surface area (Å²) in [6.07, 6.45) is 4.87. The molecule has 94 valence electrons. The zero-order chi connectivity index (χ0) is 12.4. The van der Waals surface area contributed by atoms with Crippen LogP contribution in [0.25, 0.3) is 0 Å². The molecule has 2 unspecified atom stereocenters. The number of carbonyl (C=O) groups excluding carboxylic acids is 1. The van der Waals surface area contributed by atoms with Gasteiger partial charge in [-0.05, 0) is 19.8 Å². The molecule has 0 spiro atoms. The fourth-order valence-electron chi connectivity index (χ4n) is 2.45. The largest absolute Gasteiger partial charge is 0.352 e. The molecule has 1 fully saturated rings. The van der Waals surface area contributed by atoms with Crippen molar-refractivity contribution in [1.82, 2.24) is 15.1 Å². The topological polar surface area (TPSA) is 72.9 Å². The molecular weight excluding hydrogens is 216 g/mol. The van der Waals surface area contributed by atoms with Gasteiger partial charge in [0.1, 0.15) is 0 Å². The van der Waals surface area contributed by atoms with Gasteiger partial charge in [-0.15, -0.1) is 0 Å². The van der Waals surface area contributed by atoms with Crippen LogP contribution >= 0.6 is 0 Å². The molecule has 0 radical (unpaired) electrons. The molecule has 1 aliphatic rings. The second kappa shape index (κ2) is 4.87. The van der Waals surface area contributed by atoms with Crippen LogP contribution in [0.15, 0.2) is 6.20 Å². The quantitative estimate of drug-likeness (QED) is 0.801. The summed E-state index contributed by atoms with van der Waals surface area (Å²) in [7, 11) is 1.88. The van der Waals surface area contributed by atoms with Crippen LogP contribution in [0.2, 0.25) is 0 Å². The van der Waals surface area contributed by atoms with E-state index in [1.165, 1.54) is 0 Å². The Balaban J connectivity index is 1.90. The molecule has 2 atom stereocenters. The highest BCUT2D eigenvalue weighted by atomic mass is 16.1. The fourth-order valence-corrected chi connectivity index (χ4v) is 2.45. The first-order valence-corrected chi connectivity index (χ1v) is 6.10. The van der Waals surface area contributed by atoms with Crippen LogP contribution in [-0.4, -0.2) is 21.7 Å². The minimum atomic E-state index is -0.00743. The maximum Gasteiger partial charge on any atom is 0.224 e. The van der Waals surface area contributed by atoms with E-state index >= 15 is 0 Å². The molecule has 0 saturated heterocycles. The van der Waals surface area contributed by atoms with Gasteiger partial charge in [0, 0.05) is 31.4 Å². The number of nitrogens with one attached hydrogen (secondary N) is 1. The van der Waals surface area contributed by atoms with Gasteiger partial charge in [0.15, 0.2) is 0 Å². The van der Waals surface area contributed by atoms with Crippen LogP contribution < -0.4 is 11.1 Å². The Morgan fingerprint density at radius 2 is 2.41 bits per heavy atom. The lowest BCUT2D eigenvalue weighted by atomic mass is 10.0. The summed E-state index contributed by atoms with van der Waals surface area (Å²) in [6, 6.07) is 0.0324. The number of hydrogen-bond acceptors (Lipinski definition) is 3. The smallest absolute Gasteiger partial charge is 0.224 e. The summed E-state index contributed by atoms with van der Waals surface area (Å²) < 4.78 is 1.76. The van der Waals surface area contributed by atoms with Gasteiger partial charge in [0.25, 0.3) is 0 Å². The minimum absolute atomic E-state index is 0.00743. The Bertz CT molecular complexity index is 413. The zero-order valence-electron chi connectivity index (χ0n) is 10.4. The molecule has 2 rings (SSSR count). The number of carbonyl (C=O) groups is 1. The Hall–Kier alpha value is -1.36. The summed E-state index contributed by atoms with van der Waals surface area (Å²) in [6.45, 7) is 2.49. The molecule has 1 amide bonds. The van der Waals surface area contributed by atoms with Crippen molar-refractivity contribution in [2.45, 2.75) is 38.8 Å². The van der Waals surface area contributed by atoms with E-state index in [2.05, 4.69) is 10.4 Å². The van der Waals surface area contributed by atoms with Crippen LogP contribution in [0.3, 0.4) is 0 Å². The average Bonchev–Trinajstić information content (AvgIpc) is 2.81. The van der Waals surface area contributed by atoms with Crippen LogP contribution in [-0.2, 0) is 18.4 Å². The first-order valence-electron chi connectivity index (χ1n) is 6.10. The third kappa shape index (κ3) is 2.66. The molecule has 1 heterocycles. The summed E-state index contributed by atoms with van der Waals surface area (Å²) in [5.74, 6) is 0.0743. The summed E-state index contributed by atoms with van der Waals surface area (Å²) >= 11 is 0. The predicted molar refractivity (Wildman–Crippen MR) is 65.1 cm³/mol. The van der Waals surface area contributed by atoms with Crippen molar-refractivity contribution in [3.05, 3.63) is 17.5 Å². The van der Waals surface area contributed by atoms with Crippen molar-refractivity contribution < 1.29 is 4.79 Å². The van der Waals surface area contributed by atoms with Gasteiger partial charge in [-0.1, -0.05) is 6.42 Å². The third-order valence-corrected chi connectivity index (χ3v) is 3.47. The van der Waals surface area contributed by atoms with E-state index in [0.717, 1.165) is 30.5 Å². The molecule has 1 aliphatic carbocycles. The van der Waals surface area contributed by atoms with Crippen LogP contribution in [0.5, 0.6) is 0 Å². The lowest BCUT2D eigenvalue weighted by Gasteiger charge is -2.14. The van der Waals surface area contributed by atoms with Crippen molar-refractivity contribution in [3.8, 4) is 0 Å². The molecule has 5 heteroatoms. The molecular formula is C12H20N4O. The molecule has 0 aromatic carbocycles. The SMILES string of the molecule is Cc1nn(C)cc1CNC(=O)C1CCCC1N. The number of aromatic nitrogens is 2. The van der Waals surface area contributed by atoms with Crippen LogP contribution in [0, 0.1) is 12.8 Å². The van der Waals surface area contributed by atoms with Gasteiger partial charge in [-0.25, -0.2) is 0 Å². The van der Waals surface area contributed by atoms with E-state index in [0.29, 0.717) is 6.54 Å². The number of nitrogens with two attached hydrogens (primary N) is 1. The first-order chi connectivity index (χ1) is 8.08. The van der Waals surface area contributed by atoms with Gasteiger partial charge in [-0.2, -0.15) is 5.10 Å². The van der Waals surface area contributed by atoms with E-state index in [1.54, 1.807) is 4.68 Å². The molecule has 3 N–H and O–H groups in total. The molecule has 0 aliphatic heterocycles. The van der Waals surface area contributed by atoms with Gasteiger partial charge >= 0.3 is 0 Å². The Kier molecular flexibility index (Phi) is 3.47. The average molecular weight is 236 g/mol. The Morgan fingerprint density at radius 3 is 2.94 bits per heavy atom. The lowest BCUT2D eigenvalue weighted by Crippen LogP contribution is -2.38. The Labute approximate surface area is 101 Å². The Morgan fingerprint density at radius 1 is 1.65 bits per heavy atom. The van der Waals surface area contributed by atoms with E-state index in [-0.39, 0.29) is 17.9 Å². The fraction of sp³-hybridized carbons (Fsp3) is 0.667. The number of hydrogen-bond donors (Lipinski definition) is 2. The molecule has 17 heavy (non-hydrogen) atoms. The van der Waals surface area contributed by atoms with Gasteiger partial charge < -0.3 is 11.1 Å². The molecule has 5 nitrogen and oxygen atoms in total. The second-order valence-corrected chi connectivity index (χ2v) is 4.83. The minimum Gasteiger partial charge on any atom is -0.352 e. The highest BCUT2D eigenvalue weighted by molar-refractivity contribution is 5.79. The van der Waals surface area contributed by atoms with Gasteiger partial charge in [-0.3, -0.25) is 9.48 Å². The molecule has 1 aromatic heterocycles. The van der Waals surface area contributed by atoms with Crippen LogP contribution in [0.4, 0.5) is 0 Å². The highest BCUT2D eigenvalue weighted by Crippen LogP contribution is 2.24. The van der Waals surface area contributed by atoms with Crippen molar-refractivity contribution in [2.24, 2.45) is 18.7 Å². The molecule has 0 bridgehead atoms. The summed E-state index contributed by atoms with van der Waals surface area (Å²) in [5, 5.41) is 7.20. The van der Waals surface area contributed by atoms with E-state index < -0.39 is 0 Å². The number of amides is 1. The summed E-state index contributed by atoms with van der Waals surface area (Å²) in [4.78, 5) is 11.9. The zero-order valence-corrected chi connectivity index (χ0v) is 10.4.